The molecule has 2 aromatic heterocycles. The summed E-state index contributed by atoms with van der Waals surface area (Å²) in [7, 11) is 1.52. The number of amides is 1. The number of carbonyl (C=O) groups excluding carboxylic acids is 1. The Kier molecular flexibility index (Phi) is 7.51. The molecule has 2 aliphatic rings. The van der Waals surface area contributed by atoms with E-state index in [0.29, 0.717) is 39.2 Å². The third-order valence-corrected chi connectivity index (χ3v) is 9.59. The molecule has 0 radical (unpaired) electrons. The summed E-state index contributed by atoms with van der Waals surface area (Å²) in [5.74, 6) is 0.301. The Morgan fingerprint density at radius 3 is 2.54 bits per heavy atom. The number of alkyl halides is 3. The van der Waals surface area contributed by atoms with Crippen LogP contribution in [0.4, 0.5) is 19.0 Å². The second kappa shape index (κ2) is 10.5. The fourth-order valence-corrected chi connectivity index (χ4v) is 8.11. The summed E-state index contributed by atoms with van der Waals surface area (Å²) in [4.78, 5) is 34.6. The fraction of sp³-hybridized carbons (Fsp3) is 0.423. The van der Waals surface area contributed by atoms with E-state index in [1.807, 2.05) is 13.8 Å². The van der Waals surface area contributed by atoms with Crippen molar-refractivity contribution in [3.05, 3.63) is 51.2 Å². The topological polar surface area (TPSA) is 67.7 Å². The third-order valence-electron chi connectivity index (χ3n) is 7.06. The summed E-state index contributed by atoms with van der Waals surface area (Å²) in [5, 5.41) is 2.17. The van der Waals surface area contributed by atoms with E-state index in [0.717, 1.165) is 17.4 Å². The first-order chi connectivity index (χ1) is 18.5. The highest BCUT2D eigenvalue weighted by Crippen LogP contribution is 2.51. The lowest BCUT2D eigenvalue weighted by molar-refractivity contribution is -0.137. The SMILES string of the molecule is C=CC(=O)N1[C@H](C)CN(c2nc(=O)n3c4c(c(-c5cc(Cl)cs5)c(C(F)(F)F)cc24)SC[C@@H]3COC)C[C@@H]1C. The van der Waals surface area contributed by atoms with Crippen LogP contribution >= 0.6 is 34.7 Å². The number of thiophene rings is 1. The first-order valence-corrected chi connectivity index (χ1v) is 14.5. The molecule has 7 nitrogen and oxygen atoms in total. The highest BCUT2D eigenvalue weighted by molar-refractivity contribution is 7.99. The van der Waals surface area contributed by atoms with E-state index in [1.54, 1.807) is 15.2 Å². The maximum absolute atomic E-state index is 14.6. The average molecular weight is 599 g/mol. The molecule has 208 valence electrons. The van der Waals surface area contributed by atoms with Crippen molar-refractivity contribution in [1.82, 2.24) is 14.5 Å². The van der Waals surface area contributed by atoms with Crippen molar-refractivity contribution in [1.29, 1.82) is 0 Å². The molecule has 3 atom stereocenters. The van der Waals surface area contributed by atoms with Crippen molar-refractivity contribution >= 4 is 57.3 Å². The predicted molar refractivity (Wildman–Crippen MR) is 149 cm³/mol. The maximum Gasteiger partial charge on any atom is 0.417 e. The molecule has 4 heterocycles. The Labute approximate surface area is 236 Å². The van der Waals surface area contributed by atoms with Crippen molar-refractivity contribution in [2.75, 3.05) is 37.5 Å². The smallest absolute Gasteiger partial charge is 0.383 e. The number of benzene rings is 1. The van der Waals surface area contributed by atoms with Gasteiger partial charge in [-0.25, -0.2) is 4.79 Å². The van der Waals surface area contributed by atoms with E-state index in [-0.39, 0.29) is 41.4 Å². The number of nitrogens with zero attached hydrogens (tertiary/aromatic N) is 4. The minimum atomic E-state index is -4.67. The first kappa shape index (κ1) is 28.0. The van der Waals surface area contributed by atoms with E-state index in [9.17, 15) is 22.8 Å². The number of aromatic nitrogens is 2. The monoisotopic (exact) mass is 598 g/mol. The lowest BCUT2D eigenvalue weighted by atomic mass is 10.00. The quantitative estimate of drug-likeness (QED) is 0.351. The molecule has 39 heavy (non-hydrogen) atoms. The van der Waals surface area contributed by atoms with Crippen molar-refractivity contribution in [2.24, 2.45) is 0 Å². The molecule has 5 rings (SSSR count). The normalized spacial score (nSPS) is 21.5. The number of ether oxygens (including phenoxy) is 1. The van der Waals surface area contributed by atoms with Gasteiger partial charge in [0.1, 0.15) is 5.82 Å². The number of anilines is 1. The van der Waals surface area contributed by atoms with Crippen molar-refractivity contribution in [3.63, 3.8) is 0 Å². The standard InChI is InChI=1S/C26H26ClF3N4O3S2/c1-5-20(35)33-13(2)8-32(9-14(33)3)24-17-7-18(26(28,29)30)21(19-6-15(27)11-38-19)23-22(17)34(25(36)31-24)16(10-37-4)12-39-23/h5-7,11,13-14,16H,1,8-10,12H2,2-4H3/t13-,14+,16-/m0/s1. The van der Waals surface area contributed by atoms with Crippen LogP contribution in [0.25, 0.3) is 21.3 Å². The van der Waals surface area contributed by atoms with E-state index in [2.05, 4.69) is 11.6 Å². The largest absolute Gasteiger partial charge is 0.417 e. The lowest BCUT2D eigenvalue weighted by Crippen LogP contribution is -2.58. The number of hydrogen-bond acceptors (Lipinski definition) is 7. The van der Waals surface area contributed by atoms with Gasteiger partial charge in [-0.15, -0.1) is 23.1 Å². The van der Waals surface area contributed by atoms with Crippen molar-refractivity contribution in [3.8, 4) is 10.4 Å². The molecule has 0 unspecified atom stereocenters. The van der Waals surface area contributed by atoms with Gasteiger partial charge in [0.2, 0.25) is 5.91 Å². The molecule has 2 aliphatic heterocycles. The Balaban J connectivity index is 1.80. The molecule has 0 spiro atoms. The summed E-state index contributed by atoms with van der Waals surface area (Å²) in [6.07, 6.45) is -3.43. The van der Waals surface area contributed by atoms with Crippen molar-refractivity contribution < 1.29 is 22.7 Å². The molecule has 1 aromatic carbocycles. The van der Waals surface area contributed by atoms with Crippen LogP contribution in [0.5, 0.6) is 0 Å². The molecule has 0 saturated carbocycles. The molecule has 1 amide bonds. The molecule has 3 aromatic rings. The van der Waals surface area contributed by atoms with Gasteiger partial charge in [-0.3, -0.25) is 9.36 Å². The molecule has 0 bridgehead atoms. The van der Waals surface area contributed by atoms with Gasteiger partial charge in [0.05, 0.1) is 28.8 Å². The maximum atomic E-state index is 14.6. The molecular weight excluding hydrogens is 573 g/mol. The van der Waals surface area contributed by atoms with Gasteiger partial charge in [0.15, 0.2) is 0 Å². The van der Waals surface area contributed by atoms with E-state index < -0.39 is 23.5 Å². The van der Waals surface area contributed by atoms with Gasteiger partial charge in [-0.1, -0.05) is 18.2 Å². The Hall–Kier alpha value is -2.54. The molecular formula is C26H26ClF3N4O3S2. The summed E-state index contributed by atoms with van der Waals surface area (Å²) in [6, 6.07) is 1.66. The zero-order valence-corrected chi connectivity index (χ0v) is 23.8. The van der Waals surface area contributed by atoms with Crippen molar-refractivity contribution in [2.45, 2.75) is 43.0 Å². The summed E-state index contributed by atoms with van der Waals surface area (Å²) in [5.41, 5.74) is -0.945. The van der Waals surface area contributed by atoms with Crippen LogP contribution in [0, 0.1) is 0 Å². The molecule has 0 N–H and O–H groups in total. The second-order valence-electron chi connectivity index (χ2n) is 9.71. The van der Waals surface area contributed by atoms with Crippen LogP contribution in [0.2, 0.25) is 5.02 Å². The van der Waals surface area contributed by atoms with Crippen LogP contribution in [0.1, 0.15) is 25.5 Å². The van der Waals surface area contributed by atoms with Gasteiger partial charge in [0.25, 0.3) is 0 Å². The number of halogens is 4. The summed E-state index contributed by atoms with van der Waals surface area (Å²) in [6.45, 7) is 8.08. The molecule has 0 aliphatic carbocycles. The zero-order valence-electron chi connectivity index (χ0n) is 21.4. The van der Waals surface area contributed by atoms with Gasteiger partial charge < -0.3 is 14.5 Å². The minimum absolute atomic E-state index is 0.0150. The van der Waals surface area contributed by atoms with Gasteiger partial charge in [-0.2, -0.15) is 18.2 Å². The predicted octanol–water partition coefficient (Wildman–Crippen LogP) is 5.70. The van der Waals surface area contributed by atoms with E-state index in [1.165, 1.54) is 35.6 Å². The summed E-state index contributed by atoms with van der Waals surface area (Å²) >= 11 is 8.53. The number of thioether (sulfide) groups is 1. The third kappa shape index (κ3) is 4.85. The van der Waals surface area contributed by atoms with Crippen LogP contribution in [0.15, 0.2) is 39.9 Å². The fourth-order valence-electron chi connectivity index (χ4n) is 5.60. The van der Waals surface area contributed by atoms with Gasteiger partial charge in [-0.05, 0) is 32.1 Å². The molecule has 13 heteroatoms. The Morgan fingerprint density at radius 2 is 1.97 bits per heavy atom. The number of carbonyl (C=O) groups is 1. The molecule has 1 fully saturated rings. The van der Waals surface area contributed by atoms with E-state index in [4.69, 9.17) is 16.3 Å². The highest BCUT2D eigenvalue weighted by atomic mass is 35.5. The van der Waals surface area contributed by atoms with Crippen LogP contribution in [-0.4, -0.2) is 65.0 Å². The zero-order chi connectivity index (χ0) is 28.2. The Morgan fingerprint density at radius 1 is 1.28 bits per heavy atom. The second-order valence-corrected chi connectivity index (χ2v) is 12.1. The van der Waals surface area contributed by atoms with Crippen LogP contribution < -0.4 is 10.6 Å². The lowest BCUT2D eigenvalue weighted by Gasteiger charge is -2.45. The highest BCUT2D eigenvalue weighted by Gasteiger charge is 2.40. The molecule has 1 saturated heterocycles. The number of methoxy groups -OCH3 is 1. The number of hydrogen-bond donors (Lipinski definition) is 0. The van der Waals surface area contributed by atoms with Gasteiger partial charge in [0, 0.05) is 64.1 Å². The van der Waals surface area contributed by atoms with Gasteiger partial charge >= 0.3 is 11.9 Å². The number of rotatable bonds is 5. The van der Waals surface area contributed by atoms with Crippen LogP contribution in [-0.2, 0) is 15.7 Å². The van der Waals surface area contributed by atoms with Crippen LogP contribution in [0.3, 0.4) is 0 Å². The summed E-state index contributed by atoms with van der Waals surface area (Å²) < 4.78 is 50.7. The number of piperazine rings is 1. The van der Waals surface area contributed by atoms with E-state index >= 15 is 0 Å². The first-order valence-electron chi connectivity index (χ1n) is 12.2. The Bertz CT molecular complexity index is 1510. The minimum Gasteiger partial charge on any atom is -0.383 e. The average Bonchev–Trinajstić information content (AvgIpc) is 3.30.